The molecular formula is C18H22N4O5. The van der Waals surface area contributed by atoms with Gasteiger partial charge >= 0.3 is 12.0 Å². The molecule has 0 saturated heterocycles. The van der Waals surface area contributed by atoms with E-state index in [0.29, 0.717) is 17.2 Å². The number of benzene rings is 1. The number of nitrogens with one attached hydrogen (secondary N) is 1. The van der Waals surface area contributed by atoms with Crippen LogP contribution in [0.25, 0.3) is 0 Å². The summed E-state index contributed by atoms with van der Waals surface area (Å²) in [4.78, 5) is 24.5. The van der Waals surface area contributed by atoms with Gasteiger partial charge < -0.3 is 24.8 Å². The van der Waals surface area contributed by atoms with Gasteiger partial charge in [0, 0.05) is 31.4 Å². The lowest BCUT2D eigenvalue weighted by Crippen LogP contribution is -2.36. The van der Waals surface area contributed by atoms with Crippen molar-refractivity contribution in [3.63, 3.8) is 0 Å². The van der Waals surface area contributed by atoms with Gasteiger partial charge in [-0.2, -0.15) is 5.10 Å². The number of aliphatic carboxylic acids is 1. The highest BCUT2D eigenvalue weighted by molar-refractivity contribution is 5.89. The van der Waals surface area contributed by atoms with Crippen molar-refractivity contribution in [1.82, 2.24) is 15.1 Å². The molecule has 2 aromatic rings. The molecule has 144 valence electrons. The summed E-state index contributed by atoms with van der Waals surface area (Å²) in [7, 11) is 3.03. The molecule has 0 aliphatic rings. The van der Waals surface area contributed by atoms with Crippen LogP contribution in [-0.4, -0.2) is 52.9 Å². The van der Waals surface area contributed by atoms with Crippen LogP contribution in [0.5, 0.6) is 17.4 Å². The number of carboxylic acid groups (broad SMARTS) is 1. The number of carboxylic acids is 1. The second kappa shape index (κ2) is 8.84. The standard InChI is InChI=1S/C18H22N4O5/c1-11(17(23)24)10-22(3)18(25)19-13-6-7-14(26-4)15(9-13)27-16-8-5-12(2)20-21-16/h5-9,11H,10H2,1-4H3,(H,19,25)(H,23,24). The number of aryl methyl sites for hydroxylation is 1. The monoisotopic (exact) mass is 374 g/mol. The molecule has 2 rings (SSSR count). The van der Waals surface area contributed by atoms with Crippen LogP contribution in [0.2, 0.25) is 0 Å². The maximum atomic E-state index is 12.3. The number of amides is 2. The first-order chi connectivity index (χ1) is 12.8. The Labute approximate surface area is 156 Å². The third-order valence-corrected chi connectivity index (χ3v) is 3.72. The van der Waals surface area contributed by atoms with E-state index in [9.17, 15) is 9.59 Å². The molecular weight excluding hydrogens is 352 g/mol. The number of urea groups is 1. The Bertz CT molecular complexity index is 810. The molecule has 0 radical (unpaired) electrons. The minimum atomic E-state index is -0.964. The molecule has 1 heterocycles. The molecule has 0 bridgehead atoms. The lowest BCUT2D eigenvalue weighted by atomic mass is 10.2. The van der Waals surface area contributed by atoms with Crippen LogP contribution in [0.3, 0.4) is 0 Å². The second-order valence-corrected chi connectivity index (χ2v) is 6.03. The molecule has 1 aromatic carbocycles. The number of hydrogen-bond donors (Lipinski definition) is 2. The molecule has 0 fully saturated rings. The Kier molecular flexibility index (Phi) is 6.53. The van der Waals surface area contributed by atoms with Gasteiger partial charge in [0.05, 0.1) is 18.7 Å². The van der Waals surface area contributed by atoms with Crippen molar-refractivity contribution >= 4 is 17.7 Å². The van der Waals surface area contributed by atoms with Gasteiger partial charge in [-0.3, -0.25) is 4.79 Å². The predicted octanol–water partition coefficient (Wildman–Crippen LogP) is 2.77. The fraction of sp³-hybridized carbons (Fsp3) is 0.333. The highest BCUT2D eigenvalue weighted by atomic mass is 16.5. The summed E-state index contributed by atoms with van der Waals surface area (Å²) in [6.45, 7) is 3.43. The lowest BCUT2D eigenvalue weighted by molar-refractivity contribution is -0.141. The molecule has 2 N–H and O–H groups in total. The summed E-state index contributed by atoms with van der Waals surface area (Å²) < 4.78 is 11.0. The van der Waals surface area contributed by atoms with E-state index < -0.39 is 17.9 Å². The van der Waals surface area contributed by atoms with Crippen LogP contribution in [0.1, 0.15) is 12.6 Å². The Hall–Kier alpha value is -3.36. The molecule has 1 unspecified atom stereocenters. The molecule has 0 spiro atoms. The maximum Gasteiger partial charge on any atom is 0.321 e. The van der Waals surface area contributed by atoms with Crippen LogP contribution in [0.15, 0.2) is 30.3 Å². The molecule has 1 aromatic heterocycles. The zero-order valence-corrected chi connectivity index (χ0v) is 15.6. The molecule has 2 amide bonds. The number of carbonyl (C=O) groups is 2. The Morgan fingerprint density at radius 1 is 1.22 bits per heavy atom. The minimum Gasteiger partial charge on any atom is -0.493 e. The van der Waals surface area contributed by atoms with Crippen molar-refractivity contribution in [2.24, 2.45) is 5.92 Å². The van der Waals surface area contributed by atoms with E-state index in [1.807, 2.05) is 6.92 Å². The van der Waals surface area contributed by atoms with E-state index in [1.165, 1.54) is 26.0 Å². The normalized spacial score (nSPS) is 11.4. The number of carbonyl (C=O) groups excluding carboxylic acids is 1. The Balaban J connectivity index is 2.12. The van der Waals surface area contributed by atoms with Gasteiger partial charge in [-0.05, 0) is 25.1 Å². The summed E-state index contributed by atoms with van der Waals surface area (Å²) in [6, 6.07) is 7.89. The second-order valence-electron chi connectivity index (χ2n) is 6.03. The van der Waals surface area contributed by atoms with Crippen LogP contribution in [0.4, 0.5) is 10.5 Å². The molecule has 0 aliphatic carbocycles. The highest BCUT2D eigenvalue weighted by Gasteiger charge is 2.18. The third-order valence-electron chi connectivity index (χ3n) is 3.72. The van der Waals surface area contributed by atoms with E-state index in [-0.39, 0.29) is 12.4 Å². The smallest absolute Gasteiger partial charge is 0.321 e. The van der Waals surface area contributed by atoms with Gasteiger partial charge in [0.2, 0.25) is 5.88 Å². The van der Waals surface area contributed by atoms with Crippen molar-refractivity contribution in [1.29, 1.82) is 0 Å². The third kappa shape index (κ3) is 5.56. The first-order valence-corrected chi connectivity index (χ1v) is 8.21. The first kappa shape index (κ1) is 20.0. The molecule has 9 nitrogen and oxygen atoms in total. The maximum absolute atomic E-state index is 12.3. The summed E-state index contributed by atoms with van der Waals surface area (Å²) in [5, 5.41) is 19.5. The molecule has 27 heavy (non-hydrogen) atoms. The fourth-order valence-corrected chi connectivity index (χ4v) is 2.18. The van der Waals surface area contributed by atoms with Crippen LogP contribution >= 0.6 is 0 Å². The number of hydrogen-bond acceptors (Lipinski definition) is 6. The number of rotatable bonds is 7. The number of ether oxygens (including phenoxy) is 2. The van der Waals surface area contributed by atoms with Crippen LogP contribution in [0, 0.1) is 12.8 Å². The number of aromatic nitrogens is 2. The summed E-state index contributed by atoms with van der Waals surface area (Å²) in [5.41, 5.74) is 1.22. The summed E-state index contributed by atoms with van der Waals surface area (Å²) in [5.74, 6) is -0.530. The molecule has 9 heteroatoms. The molecule has 1 atom stereocenters. The summed E-state index contributed by atoms with van der Waals surface area (Å²) in [6.07, 6.45) is 0. The lowest BCUT2D eigenvalue weighted by Gasteiger charge is -2.20. The Morgan fingerprint density at radius 3 is 2.56 bits per heavy atom. The van der Waals surface area contributed by atoms with Crippen molar-refractivity contribution in [2.45, 2.75) is 13.8 Å². The van der Waals surface area contributed by atoms with E-state index in [0.717, 1.165) is 5.69 Å². The van der Waals surface area contributed by atoms with E-state index in [1.54, 1.807) is 30.3 Å². The van der Waals surface area contributed by atoms with Crippen molar-refractivity contribution in [3.8, 4) is 17.4 Å². The van der Waals surface area contributed by atoms with Gasteiger partial charge in [0.1, 0.15) is 0 Å². The first-order valence-electron chi connectivity index (χ1n) is 8.21. The van der Waals surface area contributed by atoms with E-state index in [2.05, 4.69) is 15.5 Å². The van der Waals surface area contributed by atoms with Crippen LogP contribution in [-0.2, 0) is 4.79 Å². The van der Waals surface area contributed by atoms with Gasteiger partial charge in [-0.1, -0.05) is 6.92 Å². The van der Waals surface area contributed by atoms with Gasteiger partial charge in [-0.25, -0.2) is 4.79 Å². The fourth-order valence-electron chi connectivity index (χ4n) is 2.18. The topological polar surface area (TPSA) is 114 Å². The predicted molar refractivity (Wildman–Crippen MR) is 98.3 cm³/mol. The van der Waals surface area contributed by atoms with Crippen molar-refractivity contribution in [3.05, 3.63) is 36.0 Å². The average Bonchev–Trinajstić information content (AvgIpc) is 2.63. The molecule has 0 saturated carbocycles. The average molecular weight is 374 g/mol. The van der Waals surface area contributed by atoms with E-state index >= 15 is 0 Å². The number of methoxy groups -OCH3 is 1. The summed E-state index contributed by atoms with van der Waals surface area (Å²) >= 11 is 0. The zero-order valence-electron chi connectivity index (χ0n) is 15.6. The van der Waals surface area contributed by atoms with Crippen molar-refractivity contribution < 1.29 is 24.2 Å². The highest BCUT2D eigenvalue weighted by Crippen LogP contribution is 2.33. The Morgan fingerprint density at radius 2 is 1.96 bits per heavy atom. The largest absolute Gasteiger partial charge is 0.493 e. The number of nitrogens with zero attached hydrogens (tertiary/aromatic N) is 3. The minimum absolute atomic E-state index is 0.0830. The van der Waals surface area contributed by atoms with Gasteiger partial charge in [0.15, 0.2) is 11.5 Å². The van der Waals surface area contributed by atoms with E-state index in [4.69, 9.17) is 14.6 Å². The van der Waals surface area contributed by atoms with Crippen molar-refractivity contribution in [2.75, 3.05) is 26.0 Å². The van der Waals surface area contributed by atoms with Gasteiger partial charge in [-0.15, -0.1) is 5.10 Å². The van der Waals surface area contributed by atoms with Gasteiger partial charge in [0.25, 0.3) is 0 Å². The number of anilines is 1. The quantitative estimate of drug-likeness (QED) is 0.766. The zero-order chi connectivity index (χ0) is 20.0. The SMILES string of the molecule is COc1ccc(NC(=O)N(C)CC(C)C(=O)O)cc1Oc1ccc(C)nn1. The van der Waals surface area contributed by atoms with Crippen LogP contribution < -0.4 is 14.8 Å². The molecule has 0 aliphatic heterocycles.